The number of hydrogen-bond donors (Lipinski definition) is 0. The Labute approximate surface area is 801 Å². The number of hydrogen-bond acceptors (Lipinski definition) is 16. The van der Waals surface area contributed by atoms with Crippen LogP contribution in [0.5, 0.6) is 0 Å². The van der Waals surface area contributed by atoms with Gasteiger partial charge in [-0.3, -0.25) is 68.6 Å². The van der Waals surface area contributed by atoms with Crippen molar-refractivity contribution in [3.05, 3.63) is 0 Å². The molecule has 22 aliphatic heterocycles. The lowest BCUT2D eigenvalue weighted by Crippen LogP contribution is -2.59. The van der Waals surface area contributed by atoms with Gasteiger partial charge >= 0.3 is 0 Å². The summed E-state index contributed by atoms with van der Waals surface area (Å²) in [7, 11) is 0. The fourth-order valence-electron chi connectivity index (χ4n) is 30.9. The van der Waals surface area contributed by atoms with E-state index in [-0.39, 0.29) is 0 Å². The first-order valence-electron chi connectivity index (χ1n) is 56.2. The highest BCUT2D eigenvalue weighted by Crippen LogP contribution is 2.55. The third-order valence-corrected chi connectivity index (χ3v) is 38.8. The quantitative estimate of drug-likeness (QED) is 0.147. The molecular formula is C113H220N14O2. The van der Waals surface area contributed by atoms with Gasteiger partial charge < -0.3 is 9.47 Å². The van der Waals surface area contributed by atoms with Crippen LogP contribution < -0.4 is 0 Å². The Morgan fingerprint density at radius 3 is 0.915 bits per heavy atom. The molecule has 16 nitrogen and oxygen atoms in total. The minimum atomic E-state index is 0.455. The van der Waals surface area contributed by atoms with Crippen LogP contribution in [0, 0.1) is 79.8 Å². The third kappa shape index (κ3) is 26.0. The molecule has 1 saturated carbocycles. The molecule has 22 heterocycles. The van der Waals surface area contributed by atoms with Crippen LogP contribution in [0.2, 0.25) is 0 Å². The number of likely N-dealkylation sites (tertiary alicyclic amines) is 1. The Balaban J connectivity index is 0.000000146. The summed E-state index contributed by atoms with van der Waals surface area (Å²) in [6.45, 7) is 115. The molecule has 754 valence electrons. The number of fused-ring (bicyclic) bond motifs is 24. The van der Waals surface area contributed by atoms with Crippen molar-refractivity contribution in [2.75, 3.05) is 164 Å². The van der Waals surface area contributed by atoms with E-state index in [1.807, 2.05) is 0 Å². The standard InChI is InChI=1S/C18H34N2.C17H32N2O.C17H34N2.C16H30N2O.C16H32N2.C15H30N2.C14H28N2/c1-14(2)19-11-16-10-18(8-6-5-7-9-18)17(13-19)20(12-16)15(3)4;1-13(2)18-10-15-9-17(5-7-20-8-6-17)16(12-18)19(11-15)14(3)4;1-7-17(8-2)9-15-10-18(13(3)4)12-16(17)19(11-15)14(5)6;1-12(2)17-8-14-7-16(5-6-19-11-16)15(10-17)18(9-14)13(3)4;1-12(2)17-9-14-7-8-16(5,6)15(11-17)18(10-14)13(3)4;1-11(2)16-8-13-7-15(5,6)14(10-16)17(9-13)12(3)4;1-10(2)15-7-13-6-12(5)14(9-15)16(8-13)11(3)4/h14-17H,5-13H2,1-4H3;13-16H,5-12H2,1-4H3;13-16H,7-12H2,1-6H3;12-15H,5-11H2,1-4H3;12-15H,7-11H2,1-6H3;11-14H,7-10H2,1-6H3;10-14H,6-9H2,1-5H3. The molecule has 0 aromatic carbocycles. The second kappa shape index (κ2) is 46.4. The van der Waals surface area contributed by atoms with Gasteiger partial charge in [0.25, 0.3) is 0 Å². The Morgan fingerprint density at radius 1 is 0.248 bits per heavy atom. The van der Waals surface area contributed by atoms with Crippen molar-refractivity contribution in [2.45, 2.75) is 485 Å². The van der Waals surface area contributed by atoms with Gasteiger partial charge in [0.1, 0.15) is 0 Å². The summed E-state index contributed by atoms with van der Waals surface area (Å²) >= 11 is 0. The van der Waals surface area contributed by atoms with E-state index in [1.165, 1.54) is 253 Å². The fraction of sp³-hybridized carbons (Fsp3) is 1.00. The van der Waals surface area contributed by atoms with Crippen LogP contribution >= 0.6 is 0 Å². The van der Waals surface area contributed by atoms with Gasteiger partial charge in [-0.15, -0.1) is 0 Å². The molecule has 0 aromatic heterocycles. The topological polar surface area (TPSA) is 63.8 Å². The first kappa shape index (κ1) is 109. The van der Waals surface area contributed by atoms with Crippen LogP contribution in [0.4, 0.5) is 0 Å². The van der Waals surface area contributed by atoms with Crippen LogP contribution in [0.25, 0.3) is 0 Å². The van der Waals surface area contributed by atoms with Gasteiger partial charge in [-0.1, -0.05) is 67.7 Å². The largest absolute Gasteiger partial charge is 0.381 e. The van der Waals surface area contributed by atoms with E-state index in [2.05, 4.69) is 311 Å². The normalized spacial score (nSPS) is 35.6. The van der Waals surface area contributed by atoms with Crippen LogP contribution in [0.1, 0.15) is 358 Å². The van der Waals surface area contributed by atoms with E-state index in [0.29, 0.717) is 123 Å². The molecule has 22 saturated heterocycles. The van der Waals surface area contributed by atoms with E-state index in [4.69, 9.17) is 9.47 Å². The van der Waals surface area contributed by atoms with Crippen molar-refractivity contribution >= 4 is 0 Å². The highest BCUT2D eigenvalue weighted by Gasteiger charge is 2.58. The molecule has 3 spiro atoms. The van der Waals surface area contributed by atoms with E-state index >= 15 is 0 Å². The smallest absolute Gasteiger partial charge is 0.0538 e. The van der Waals surface area contributed by atoms with Gasteiger partial charge in [0.05, 0.1) is 6.61 Å². The molecule has 16 atom stereocenters. The average Bonchev–Trinajstić information content (AvgIpc) is 1.64. The zero-order valence-corrected chi connectivity index (χ0v) is 92.2. The Kier molecular flexibility index (Phi) is 39.1. The summed E-state index contributed by atoms with van der Waals surface area (Å²) in [6, 6.07) is 15.0. The second-order valence-electron chi connectivity index (χ2n) is 53.0. The summed E-state index contributed by atoms with van der Waals surface area (Å²) in [5.41, 5.74) is 3.17. The molecule has 0 aromatic rings. The van der Waals surface area contributed by atoms with Crippen molar-refractivity contribution in [2.24, 2.45) is 79.8 Å². The monoisotopic (exact) mass is 1810 g/mol. The maximum Gasteiger partial charge on any atom is 0.0538 e. The first-order chi connectivity index (χ1) is 60.6. The third-order valence-electron chi connectivity index (χ3n) is 38.8. The molecule has 0 radical (unpaired) electrons. The lowest BCUT2D eigenvalue weighted by atomic mass is 9.62. The molecule has 1 aliphatic carbocycles. The van der Waals surface area contributed by atoms with E-state index < -0.39 is 0 Å². The molecule has 16 unspecified atom stereocenters. The van der Waals surface area contributed by atoms with Gasteiger partial charge in [-0.05, 0) is 365 Å². The number of nitrogens with zero attached hydrogens (tertiary/aromatic N) is 14. The zero-order valence-electron chi connectivity index (χ0n) is 92.2. The summed E-state index contributed by atoms with van der Waals surface area (Å²) < 4.78 is 11.5. The Bertz CT molecular complexity index is 3130. The van der Waals surface area contributed by atoms with E-state index in [9.17, 15) is 0 Å². The molecule has 16 heteroatoms. The summed E-state index contributed by atoms with van der Waals surface area (Å²) in [5.74, 6) is 7.01. The van der Waals surface area contributed by atoms with Crippen molar-refractivity contribution in [3.63, 3.8) is 0 Å². The summed E-state index contributed by atoms with van der Waals surface area (Å²) in [5, 5.41) is 0. The van der Waals surface area contributed by atoms with E-state index in [1.54, 1.807) is 0 Å². The number of ether oxygens (including phenoxy) is 2. The maximum atomic E-state index is 5.82. The SMILES string of the molecule is CC(C)N1CC2CCC(C)(C)C(C1)N(C(C)C)C2.CC(C)N1CC2CN(C(C)C)C(C1)C(C)(C)C2.CC(C)N1CC2CN(C(C)C)C(C1)C1(CCCCC1)C2.CC(C)N1CC2CN(C(C)C)C(C1)C1(CCOC1)C2.CC(C)N1CC2CN(C(C)C)C(C1)C1(CCOCC1)C2.CC1CC2CN(C(C)C)CC1N(C(C)C)C2.CCC1(CC)CC2CN(C(C)C)CC1N(C(C)C)C2. The molecule has 14 bridgehead atoms. The van der Waals surface area contributed by atoms with Gasteiger partial charge in [-0.25, -0.2) is 0 Å². The minimum Gasteiger partial charge on any atom is -0.381 e. The zero-order chi connectivity index (χ0) is 94.6. The number of piperidine rings is 6. The average molecular weight is 1810 g/mol. The lowest BCUT2D eigenvalue weighted by molar-refractivity contribution is -0.0829. The maximum absolute atomic E-state index is 5.82. The van der Waals surface area contributed by atoms with Crippen molar-refractivity contribution in [1.29, 1.82) is 0 Å². The van der Waals surface area contributed by atoms with E-state index in [0.717, 1.165) is 110 Å². The summed E-state index contributed by atoms with van der Waals surface area (Å²) in [6.07, 6.45) is 25.5. The minimum absolute atomic E-state index is 0.455. The van der Waals surface area contributed by atoms with Crippen LogP contribution in [0.15, 0.2) is 0 Å². The predicted molar refractivity (Wildman–Crippen MR) is 553 cm³/mol. The van der Waals surface area contributed by atoms with Gasteiger partial charge in [0.2, 0.25) is 0 Å². The van der Waals surface area contributed by atoms with Crippen LogP contribution in [0.3, 0.4) is 0 Å². The fourth-order valence-corrected chi connectivity index (χ4v) is 30.9. The van der Waals surface area contributed by atoms with Crippen molar-refractivity contribution in [3.8, 4) is 0 Å². The molecule has 0 amide bonds. The van der Waals surface area contributed by atoms with Gasteiger partial charge in [0.15, 0.2) is 0 Å². The highest BCUT2D eigenvalue weighted by atomic mass is 16.5. The molecule has 23 aliphatic rings. The molecule has 23 rings (SSSR count). The van der Waals surface area contributed by atoms with Gasteiger partial charge in [0, 0.05) is 290 Å². The molecule has 23 fully saturated rings. The molecule has 129 heavy (non-hydrogen) atoms. The summed E-state index contributed by atoms with van der Waals surface area (Å²) in [4.78, 5) is 38.7. The second-order valence-corrected chi connectivity index (χ2v) is 53.0. The van der Waals surface area contributed by atoms with Gasteiger partial charge in [-0.2, -0.15) is 0 Å². The van der Waals surface area contributed by atoms with Crippen LogP contribution in [-0.4, -0.2) is 359 Å². The van der Waals surface area contributed by atoms with Crippen molar-refractivity contribution in [1.82, 2.24) is 68.6 Å². The number of rotatable bonds is 16. The molecular weight excluding hydrogens is 1590 g/mol. The lowest BCUT2D eigenvalue weighted by Gasteiger charge is -2.54. The predicted octanol–water partition coefficient (Wildman–Crippen LogP) is 20.7. The van der Waals surface area contributed by atoms with Crippen LogP contribution in [-0.2, 0) is 9.47 Å². The van der Waals surface area contributed by atoms with Crippen molar-refractivity contribution < 1.29 is 9.47 Å². The Morgan fingerprint density at radius 2 is 0.535 bits per heavy atom. The molecule has 0 N–H and O–H groups in total. The first-order valence-corrected chi connectivity index (χ1v) is 56.2. The highest BCUT2D eigenvalue weighted by molar-refractivity contribution is 5.11. The Hall–Kier alpha value is -0.640.